The van der Waals surface area contributed by atoms with Gasteiger partial charge in [0.2, 0.25) is 0 Å². The van der Waals surface area contributed by atoms with Gasteiger partial charge in [-0.2, -0.15) is 0 Å². The van der Waals surface area contributed by atoms with Crippen LogP contribution in [0, 0.1) is 5.92 Å². The van der Waals surface area contributed by atoms with Crippen LogP contribution < -0.4 is 0 Å². The number of aromatic hydroxyl groups is 1. The molecule has 1 atom stereocenters. The number of aryl methyl sites for hydroxylation is 1. The Morgan fingerprint density at radius 1 is 1.23 bits per heavy atom. The third-order valence-electron chi connectivity index (χ3n) is 3.47. The van der Waals surface area contributed by atoms with Crippen LogP contribution in [0.25, 0.3) is 0 Å². The van der Waals surface area contributed by atoms with Crippen molar-refractivity contribution in [1.29, 1.82) is 0 Å². The Morgan fingerprint density at radius 3 is 2.59 bits per heavy atom. The van der Waals surface area contributed by atoms with E-state index < -0.39 is 0 Å². The van der Waals surface area contributed by atoms with Gasteiger partial charge in [0.1, 0.15) is 12.4 Å². The minimum Gasteiger partial charge on any atom is -0.508 e. The Bertz CT molecular complexity index is 468. The summed E-state index contributed by atoms with van der Waals surface area (Å²) in [5, 5.41) is 9.70. The van der Waals surface area contributed by atoms with Crippen molar-refractivity contribution < 1.29 is 19.4 Å². The lowest BCUT2D eigenvalue weighted by molar-refractivity contribution is -0.145. The third kappa shape index (κ3) is 6.48. The highest BCUT2D eigenvalue weighted by molar-refractivity contribution is 5.70. The Labute approximate surface area is 133 Å². The summed E-state index contributed by atoms with van der Waals surface area (Å²) in [5.41, 5.74) is 1.95. The number of benzene rings is 1. The van der Waals surface area contributed by atoms with Gasteiger partial charge in [0.25, 0.3) is 0 Å². The predicted molar refractivity (Wildman–Crippen MR) is 87.1 cm³/mol. The second-order valence-corrected chi connectivity index (χ2v) is 6.04. The molecule has 0 bridgehead atoms. The maximum atomic E-state index is 11.8. The van der Waals surface area contributed by atoms with E-state index in [9.17, 15) is 9.90 Å². The summed E-state index contributed by atoms with van der Waals surface area (Å²) < 4.78 is 10.6. The first-order chi connectivity index (χ1) is 10.4. The van der Waals surface area contributed by atoms with E-state index in [2.05, 4.69) is 13.8 Å². The summed E-state index contributed by atoms with van der Waals surface area (Å²) in [5.74, 6) is 0.642. The number of phenols is 1. The van der Waals surface area contributed by atoms with Crippen molar-refractivity contribution in [3.05, 3.63) is 29.3 Å². The summed E-state index contributed by atoms with van der Waals surface area (Å²) >= 11 is 0. The molecular formula is C18H28O4. The van der Waals surface area contributed by atoms with Gasteiger partial charge in [-0.25, -0.2) is 0 Å². The van der Waals surface area contributed by atoms with Gasteiger partial charge in [0, 0.05) is 6.61 Å². The fraction of sp³-hybridized carbons (Fsp3) is 0.611. The van der Waals surface area contributed by atoms with E-state index >= 15 is 0 Å². The van der Waals surface area contributed by atoms with Crippen LogP contribution in [0.15, 0.2) is 18.2 Å². The van der Waals surface area contributed by atoms with E-state index in [0.29, 0.717) is 37.9 Å². The van der Waals surface area contributed by atoms with Gasteiger partial charge >= 0.3 is 5.97 Å². The summed E-state index contributed by atoms with van der Waals surface area (Å²) in [6, 6.07) is 5.51. The molecule has 4 nitrogen and oxygen atoms in total. The van der Waals surface area contributed by atoms with Crippen LogP contribution in [0.2, 0.25) is 0 Å². The number of rotatable bonds is 9. The summed E-state index contributed by atoms with van der Waals surface area (Å²) in [6.07, 6.45) is 1.10. The monoisotopic (exact) mass is 308 g/mol. The van der Waals surface area contributed by atoms with Crippen molar-refractivity contribution in [1.82, 2.24) is 0 Å². The number of hydrogen-bond donors (Lipinski definition) is 1. The first-order valence-corrected chi connectivity index (χ1v) is 7.99. The molecular weight excluding hydrogens is 280 g/mol. The van der Waals surface area contributed by atoms with Crippen molar-refractivity contribution in [3.63, 3.8) is 0 Å². The molecule has 1 aromatic rings. The average molecular weight is 308 g/mol. The topological polar surface area (TPSA) is 55.8 Å². The number of ether oxygens (including phenoxy) is 2. The molecule has 0 saturated carbocycles. The number of phenolic OH excluding ortho intramolecular Hbond substituents is 1. The van der Waals surface area contributed by atoms with Crippen molar-refractivity contribution in [3.8, 4) is 5.75 Å². The molecule has 0 amide bonds. The number of carbonyl (C=O) groups is 1. The Morgan fingerprint density at radius 2 is 1.95 bits per heavy atom. The van der Waals surface area contributed by atoms with Crippen LogP contribution >= 0.6 is 0 Å². The van der Waals surface area contributed by atoms with Crippen molar-refractivity contribution in [2.24, 2.45) is 5.92 Å². The zero-order chi connectivity index (χ0) is 16.5. The second kappa shape index (κ2) is 9.46. The molecule has 0 aliphatic carbocycles. The molecule has 0 aromatic heterocycles. The van der Waals surface area contributed by atoms with Crippen molar-refractivity contribution in [2.45, 2.75) is 46.5 Å². The van der Waals surface area contributed by atoms with Gasteiger partial charge in [0.15, 0.2) is 0 Å². The van der Waals surface area contributed by atoms with Crippen molar-refractivity contribution in [2.75, 3.05) is 19.8 Å². The maximum Gasteiger partial charge on any atom is 0.306 e. The normalized spacial score (nSPS) is 12.4. The Hall–Kier alpha value is -1.55. The molecule has 1 N–H and O–H groups in total. The summed E-state index contributed by atoms with van der Waals surface area (Å²) in [4.78, 5) is 11.8. The first kappa shape index (κ1) is 18.5. The van der Waals surface area contributed by atoms with Gasteiger partial charge in [-0.05, 0) is 35.4 Å². The quantitative estimate of drug-likeness (QED) is 0.558. The SMILES string of the molecule is CCc1cc(C(C)CC(=O)OCCOCC(C)C)ccc1O. The van der Waals surface area contributed by atoms with Crippen LogP contribution in [-0.2, 0) is 20.7 Å². The molecule has 0 radical (unpaired) electrons. The smallest absolute Gasteiger partial charge is 0.306 e. The maximum absolute atomic E-state index is 11.8. The lowest BCUT2D eigenvalue weighted by atomic mass is 9.95. The summed E-state index contributed by atoms with van der Waals surface area (Å²) in [7, 11) is 0. The van der Waals surface area contributed by atoms with Gasteiger partial charge in [-0.15, -0.1) is 0 Å². The number of carbonyl (C=O) groups excluding carboxylic acids is 1. The van der Waals surface area contributed by atoms with E-state index in [1.54, 1.807) is 6.07 Å². The molecule has 124 valence electrons. The van der Waals surface area contributed by atoms with Crippen LogP contribution in [0.1, 0.15) is 51.2 Å². The third-order valence-corrected chi connectivity index (χ3v) is 3.47. The molecule has 1 rings (SSSR count). The van der Waals surface area contributed by atoms with Crippen molar-refractivity contribution >= 4 is 5.97 Å². The van der Waals surface area contributed by atoms with Gasteiger partial charge in [0.05, 0.1) is 13.0 Å². The molecule has 0 heterocycles. The molecule has 22 heavy (non-hydrogen) atoms. The number of hydrogen-bond acceptors (Lipinski definition) is 4. The molecule has 0 aliphatic rings. The molecule has 1 unspecified atom stereocenters. The standard InChI is InChI=1S/C18H28O4/c1-5-15-11-16(6-7-17(15)19)14(4)10-18(20)22-9-8-21-12-13(2)3/h6-7,11,13-14,19H,5,8-10,12H2,1-4H3. The predicted octanol–water partition coefficient (Wildman–Crippen LogP) is 3.66. The molecule has 1 aromatic carbocycles. The first-order valence-electron chi connectivity index (χ1n) is 7.99. The largest absolute Gasteiger partial charge is 0.508 e. The van der Waals surface area contributed by atoms with E-state index in [4.69, 9.17) is 9.47 Å². The van der Waals surface area contributed by atoms with Crippen LogP contribution in [0.4, 0.5) is 0 Å². The molecule has 0 aliphatic heterocycles. The van der Waals surface area contributed by atoms with Crippen LogP contribution in [0.5, 0.6) is 5.75 Å². The minimum absolute atomic E-state index is 0.0648. The fourth-order valence-corrected chi connectivity index (χ4v) is 2.16. The highest BCUT2D eigenvalue weighted by Gasteiger charge is 2.13. The number of esters is 1. The minimum atomic E-state index is -0.216. The lowest BCUT2D eigenvalue weighted by Crippen LogP contribution is -2.14. The Kier molecular flexibility index (Phi) is 7.96. The van der Waals surface area contributed by atoms with Gasteiger partial charge in [-0.1, -0.05) is 39.8 Å². The van der Waals surface area contributed by atoms with E-state index in [-0.39, 0.29) is 11.9 Å². The second-order valence-electron chi connectivity index (χ2n) is 6.04. The zero-order valence-corrected chi connectivity index (χ0v) is 14.1. The summed E-state index contributed by atoms with van der Waals surface area (Å²) in [6.45, 7) is 9.57. The van der Waals surface area contributed by atoms with Gasteiger partial charge in [-0.3, -0.25) is 4.79 Å². The van der Waals surface area contributed by atoms with Crippen LogP contribution in [-0.4, -0.2) is 30.9 Å². The van der Waals surface area contributed by atoms with E-state index in [0.717, 1.165) is 17.5 Å². The highest BCUT2D eigenvalue weighted by atomic mass is 16.6. The molecule has 0 saturated heterocycles. The van der Waals surface area contributed by atoms with Gasteiger partial charge < -0.3 is 14.6 Å². The van der Waals surface area contributed by atoms with E-state index in [1.165, 1.54) is 0 Å². The fourth-order valence-electron chi connectivity index (χ4n) is 2.16. The van der Waals surface area contributed by atoms with Crippen LogP contribution in [0.3, 0.4) is 0 Å². The Balaban J connectivity index is 2.37. The average Bonchev–Trinajstić information content (AvgIpc) is 2.46. The molecule has 0 fully saturated rings. The molecule has 0 spiro atoms. The highest BCUT2D eigenvalue weighted by Crippen LogP contribution is 2.25. The van der Waals surface area contributed by atoms with E-state index in [1.807, 2.05) is 26.0 Å². The molecule has 4 heteroatoms. The zero-order valence-electron chi connectivity index (χ0n) is 14.1. The lowest BCUT2D eigenvalue weighted by Gasteiger charge is -2.14.